The standard InChI is InChI=1S/C23H17ClFN3O2/c24-17-10-6-9-16(14-17)21-27-23(30-28-21)20(13-15-7-2-1-3-8-15)26-22(29)18-11-4-5-12-19(18)25/h1-12,14,20H,13H2,(H,26,29)/t20-/m1/s1. The second-order valence-corrected chi connectivity index (χ2v) is 7.10. The summed E-state index contributed by atoms with van der Waals surface area (Å²) >= 11 is 6.04. The molecule has 0 saturated heterocycles. The second kappa shape index (κ2) is 8.88. The molecule has 0 aliphatic rings. The summed E-state index contributed by atoms with van der Waals surface area (Å²) in [4.78, 5) is 17.1. The van der Waals surface area contributed by atoms with Gasteiger partial charge in [-0.1, -0.05) is 71.4 Å². The average Bonchev–Trinajstić information content (AvgIpc) is 3.25. The van der Waals surface area contributed by atoms with Crippen LogP contribution in [0.1, 0.15) is 27.9 Å². The minimum absolute atomic E-state index is 0.0508. The van der Waals surface area contributed by atoms with Gasteiger partial charge in [-0.15, -0.1) is 0 Å². The van der Waals surface area contributed by atoms with Gasteiger partial charge in [0.05, 0.1) is 5.56 Å². The maximum Gasteiger partial charge on any atom is 0.254 e. The summed E-state index contributed by atoms with van der Waals surface area (Å²) in [5, 5.41) is 7.38. The van der Waals surface area contributed by atoms with E-state index in [1.807, 2.05) is 36.4 Å². The Hall–Kier alpha value is -3.51. The van der Waals surface area contributed by atoms with Crippen LogP contribution in [0.2, 0.25) is 5.02 Å². The number of halogens is 2. The van der Waals surface area contributed by atoms with Crippen LogP contribution in [-0.4, -0.2) is 16.0 Å². The Morgan fingerprint density at radius 2 is 1.80 bits per heavy atom. The molecule has 4 rings (SSSR count). The SMILES string of the molecule is O=C(N[C@H](Cc1ccccc1)c1nc(-c2cccc(Cl)c2)no1)c1ccccc1F. The maximum atomic E-state index is 14.1. The number of rotatable bonds is 6. The van der Waals surface area contributed by atoms with Crippen molar-refractivity contribution >= 4 is 17.5 Å². The number of benzene rings is 3. The predicted molar refractivity (Wildman–Crippen MR) is 111 cm³/mol. The van der Waals surface area contributed by atoms with Crippen molar-refractivity contribution in [3.05, 3.63) is 107 Å². The summed E-state index contributed by atoms with van der Waals surface area (Å²) in [5.41, 5.74) is 1.60. The van der Waals surface area contributed by atoms with Crippen LogP contribution in [-0.2, 0) is 6.42 Å². The molecule has 0 radical (unpaired) electrons. The molecule has 4 aromatic rings. The Balaban J connectivity index is 1.64. The number of aromatic nitrogens is 2. The van der Waals surface area contributed by atoms with E-state index in [-0.39, 0.29) is 11.5 Å². The smallest absolute Gasteiger partial charge is 0.254 e. The fraction of sp³-hybridized carbons (Fsp3) is 0.0870. The first kappa shape index (κ1) is 19.8. The quantitative estimate of drug-likeness (QED) is 0.462. The number of carbonyl (C=O) groups is 1. The summed E-state index contributed by atoms with van der Waals surface area (Å²) in [6.07, 6.45) is 0.401. The molecule has 0 saturated carbocycles. The Bertz CT molecular complexity index is 1160. The molecule has 0 aliphatic carbocycles. The van der Waals surface area contributed by atoms with Gasteiger partial charge in [-0.2, -0.15) is 4.98 Å². The van der Waals surface area contributed by atoms with Gasteiger partial charge < -0.3 is 9.84 Å². The number of hydrogen-bond acceptors (Lipinski definition) is 4. The summed E-state index contributed by atoms with van der Waals surface area (Å²) in [6.45, 7) is 0. The molecular formula is C23H17ClFN3O2. The van der Waals surface area contributed by atoms with Gasteiger partial charge in [0.2, 0.25) is 11.7 Å². The van der Waals surface area contributed by atoms with E-state index in [1.54, 1.807) is 24.3 Å². The number of hydrogen-bond donors (Lipinski definition) is 1. The summed E-state index contributed by atoms with van der Waals surface area (Å²) in [5.74, 6) is -0.584. The van der Waals surface area contributed by atoms with Crippen LogP contribution < -0.4 is 5.32 Å². The van der Waals surface area contributed by atoms with Crippen LogP contribution in [0.25, 0.3) is 11.4 Å². The van der Waals surface area contributed by atoms with Crippen molar-refractivity contribution in [3.8, 4) is 11.4 Å². The average molecular weight is 422 g/mol. The van der Waals surface area contributed by atoms with E-state index < -0.39 is 17.8 Å². The maximum absolute atomic E-state index is 14.1. The van der Waals surface area contributed by atoms with E-state index in [1.165, 1.54) is 18.2 Å². The van der Waals surface area contributed by atoms with Crippen molar-refractivity contribution in [1.29, 1.82) is 0 Å². The molecule has 7 heteroatoms. The lowest BCUT2D eigenvalue weighted by molar-refractivity contribution is 0.0924. The highest BCUT2D eigenvalue weighted by atomic mass is 35.5. The van der Waals surface area contributed by atoms with E-state index in [0.717, 1.165) is 5.56 Å². The third-order valence-electron chi connectivity index (χ3n) is 4.53. The lowest BCUT2D eigenvalue weighted by Crippen LogP contribution is -2.30. The van der Waals surface area contributed by atoms with Gasteiger partial charge in [0.25, 0.3) is 5.91 Å². The first-order chi connectivity index (χ1) is 14.6. The predicted octanol–water partition coefficient (Wildman–Crippen LogP) is 5.24. The Kier molecular flexibility index (Phi) is 5.86. The fourth-order valence-electron chi connectivity index (χ4n) is 3.05. The monoisotopic (exact) mass is 421 g/mol. The molecule has 0 unspecified atom stereocenters. The summed E-state index contributed by atoms with van der Waals surface area (Å²) in [7, 11) is 0. The zero-order chi connectivity index (χ0) is 20.9. The fourth-order valence-corrected chi connectivity index (χ4v) is 3.24. The second-order valence-electron chi connectivity index (χ2n) is 6.66. The molecule has 1 N–H and O–H groups in total. The molecule has 1 heterocycles. The molecule has 0 bridgehead atoms. The van der Waals surface area contributed by atoms with Gasteiger partial charge in [0, 0.05) is 17.0 Å². The van der Waals surface area contributed by atoms with Gasteiger partial charge in [-0.05, 0) is 29.8 Å². The normalized spacial score (nSPS) is 11.8. The lowest BCUT2D eigenvalue weighted by atomic mass is 10.0. The Morgan fingerprint density at radius 1 is 1.03 bits per heavy atom. The topological polar surface area (TPSA) is 68.0 Å². The van der Waals surface area contributed by atoms with Crippen LogP contribution in [0.15, 0.2) is 83.4 Å². The van der Waals surface area contributed by atoms with E-state index in [2.05, 4.69) is 15.5 Å². The molecule has 150 valence electrons. The van der Waals surface area contributed by atoms with Crippen molar-refractivity contribution in [1.82, 2.24) is 15.5 Å². The minimum atomic E-state index is -0.639. The molecule has 1 amide bonds. The van der Waals surface area contributed by atoms with Crippen LogP contribution in [0.5, 0.6) is 0 Å². The molecule has 3 aromatic carbocycles. The summed E-state index contributed by atoms with van der Waals surface area (Å²) < 4.78 is 19.5. The number of carbonyl (C=O) groups excluding carboxylic acids is 1. The molecule has 0 spiro atoms. The third kappa shape index (κ3) is 4.55. The molecule has 1 atom stereocenters. The van der Waals surface area contributed by atoms with Gasteiger partial charge in [0.15, 0.2) is 0 Å². The molecule has 0 fully saturated rings. The lowest BCUT2D eigenvalue weighted by Gasteiger charge is -2.15. The van der Waals surface area contributed by atoms with E-state index in [4.69, 9.17) is 16.1 Å². The molecule has 30 heavy (non-hydrogen) atoms. The summed E-state index contributed by atoms with van der Waals surface area (Å²) in [6, 6.07) is 21.8. The van der Waals surface area contributed by atoms with Gasteiger partial charge in [-0.3, -0.25) is 4.79 Å². The highest BCUT2D eigenvalue weighted by molar-refractivity contribution is 6.30. The van der Waals surface area contributed by atoms with Crippen LogP contribution in [0, 0.1) is 5.82 Å². The molecule has 1 aromatic heterocycles. The first-order valence-electron chi connectivity index (χ1n) is 9.29. The number of nitrogens with one attached hydrogen (secondary N) is 1. The zero-order valence-corrected chi connectivity index (χ0v) is 16.5. The van der Waals surface area contributed by atoms with Gasteiger partial charge in [0.1, 0.15) is 11.9 Å². The van der Waals surface area contributed by atoms with E-state index in [9.17, 15) is 9.18 Å². The third-order valence-corrected chi connectivity index (χ3v) is 4.76. The highest BCUT2D eigenvalue weighted by Crippen LogP contribution is 2.24. The van der Waals surface area contributed by atoms with E-state index in [0.29, 0.717) is 22.8 Å². The van der Waals surface area contributed by atoms with Crippen LogP contribution >= 0.6 is 11.6 Å². The molecule has 5 nitrogen and oxygen atoms in total. The van der Waals surface area contributed by atoms with Crippen molar-refractivity contribution in [2.24, 2.45) is 0 Å². The zero-order valence-electron chi connectivity index (χ0n) is 15.8. The largest absolute Gasteiger partial charge is 0.340 e. The highest BCUT2D eigenvalue weighted by Gasteiger charge is 2.24. The molecule has 0 aliphatic heterocycles. The van der Waals surface area contributed by atoms with Crippen molar-refractivity contribution in [2.45, 2.75) is 12.5 Å². The van der Waals surface area contributed by atoms with Crippen molar-refractivity contribution < 1.29 is 13.7 Å². The van der Waals surface area contributed by atoms with Gasteiger partial charge in [-0.25, -0.2) is 4.39 Å². The Morgan fingerprint density at radius 3 is 2.57 bits per heavy atom. The van der Waals surface area contributed by atoms with Crippen molar-refractivity contribution in [2.75, 3.05) is 0 Å². The van der Waals surface area contributed by atoms with Crippen LogP contribution in [0.3, 0.4) is 0 Å². The van der Waals surface area contributed by atoms with Gasteiger partial charge >= 0.3 is 0 Å². The van der Waals surface area contributed by atoms with E-state index >= 15 is 0 Å². The number of amides is 1. The first-order valence-corrected chi connectivity index (χ1v) is 9.67. The van der Waals surface area contributed by atoms with Crippen molar-refractivity contribution in [3.63, 3.8) is 0 Å². The molecular weight excluding hydrogens is 405 g/mol. The van der Waals surface area contributed by atoms with Crippen LogP contribution in [0.4, 0.5) is 4.39 Å². The minimum Gasteiger partial charge on any atom is -0.340 e. The number of nitrogens with zero attached hydrogens (tertiary/aromatic N) is 2. The Labute approximate surface area is 177 Å².